The molecule has 3 rings (SSSR count). The molecule has 15 heteroatoms. The van der Waals surface area contributed by atoms with E-state index in [2.05, 4.69) is 15.4 Å². The lowest BCUT2D eigenvalue weighted by molar-refractivity contribution is -0.137. The summed E-state index contributed by atoms with van der Waals surface area (Å²) in [5.41, 5.74) is 1.15. The van der Waals surface area contributed by atoms with Gasteiger partial charge in [0.05, 0.1) is 10.5 Å². The van der Waals surface area contributed by atoms with Crippen LogP contribution in [0.3, 0.4) is 0 Å². The van der Waals surface area contributed by atoms with Crippen LogP contribution in [0.5, 0.6) is 0 Å². The molecule has 0 aliphatic carbocycles. The minimum atomic E-state index is -4.72. The van der Waals surface area contributed by atoms with Crippen LogP contribution in [-0.2, 0) is 27.5 Å². The predicted molar refractivity (Wildman–Crippen MR) is 103 cm³/mol. The maximum Gasteiger partial charge on any atom is 0.416 e. The number of tetrazole rings is 1. The zero-order valence-electron chi connectivity index (χ0n) is 15.1. The van der Waals surface area contributed by atoms with Crippen molar-refractivity contribution in [3.8, 4) is 11.4 Å². The van der Waals surface area contributed by atoms with Crippen LogP contribution in [0.4, 0.5) is 13.2 Å². The standard InChI is InChI=1S/C16H11Cl2F3N6O3S/c17-11-4-9(5-12(18)7-11)15-23-25-27(24-15)8-14(28)22-26-31(29,30)13-3-1-2-10(6-13)16(19,20)21/h1-7,26H,8H2,(H,22,28). The highest BCUT2D eigenvalue weighted by molar-refractivity contribution is 7.89. The Balaban J connectivity index is 1.65. The fourth-order valence-electron chi connectivity index (χ4n) is 2.30. The Morgan fingerprint density at radius 3 is 2.42 bits per heavy atom. The van der Waals surface area contributed by atoms with Crippen LogP contribution in [0.2, 0.25) is 10.0 Å². The number of alkyl halides is 3. The van der Waals surface area contributed by atoms with Gasteiger partial charge in [-0.15, -0.1) is 15.0 Å². The van der Waals surface area contributed by atoms with Gasteiger partial charge in [0.25, 0.3) is 15.9 Å². The molecule has 0 saturated carbocycles. The molecule has 0 aliphatic heterocycles. The number of carbonyl (C=O) groups is 1. The van der Waals surface area contributed by atoms with Gasteiger partial charge in [-0.05, 0) is 41.6 Å². The summed E-state index contributed by atoms with van der Waals surface area (Å²) in [5, 5.41) is 12.0. The van der Waals surface area contributed by atoms with Crippen LogP contribution in [0.25, 0.3) is 11.4 Å². The summed E-state index contributed by atoms with van der Waals surface area (Å²) in [6.45, 7) is -0.535. The van der Waals surface area contributed by atoms with Crippen LogP contribution >= 0.6 is 23.2 Å². The maximum absolute atomic E-state index is 12.8. The summed E-state index contributed by atoms with van der Waals surface area (Å²) in [4.78, 5) is 13.9. The Morgan fingerprint density at radius 1 is 1.10 bits per heavy atom. The van der Waals surface area contributed by atoms with Crippen molar-refractivity contribution < 1.29 is 26.4 Å². The van der Waals surface area contributed by atoms with E-state index >= 15 is 0 Å². The molecule has 0 radical (unpaired) electrons. The van der Waals surface area contributed by atoms with Crippen LogP contribution in [-0.4, -0.2) is 34.5 Å². The number of nitrogens with zero attached hydrogens (tertiary/aromatic N) is 4. The zero-order valence-corrected chi connectivity index (χ0v) is 17.4. The zero-order chi connectivity index (χ0) is 22.8. The number of hydrogen-bond donors (Lipinski definition) is 2. The molecule has 31 heavy (non-hydrogen) atoms. The van der Waals surface area contributed by atoms with E-state index in [4.69, 9.17) is 23.2 Å². The molecule has 2 aromatic carbocycles. The van der Waals surface area contributed by atoms with Gasteiger partial charge in [0.2, 0.25) is 5.82 Å². The minimum absolute atomic E-state index is 0.113. The third kappa shape index (κ3) is 5.91. The average Bonchev–Trinajstić information content (AvgIpc) is 3.14. The summed E-state index contributed by atoms with van der Waals surface area (Å²) >= 11 is 11.8. The van der Waals surface area contributed by atoms with E-state index in [9.17, 15) is 26.4 Å². The van der Waals surface area contributed by atoms with Gasteiger partial charge in [0.1, 0.15) is 6.54 Å². The van der Waals surface area contributed by atoms with Crippen LogP contribution in [0, 0.1) is 0 Å². The molecule has 2 N–H and O–H groups in total. The number of hydrazine groups is 1. The maximum atomic E-state index is 12.8. The summed E-state index contributed by atoms with van der Waals surface area (Å²) in [6.07, 6.45) is -4.72. The first-order valence-electron chi connectivity index (χ1n) is 8.16. The van der Waals surface area contributed by atoms with E-state index < -0.39 is 39.1 Å². The highest BCUT2D eigenvalue weighted by atomic mass is 35.5. The first-order chi connectivity index (χ1) is 14.4. The number of halogens is 5. The van der Waals surface area contributed by atoms with Crippen molar-refractivity contribution >= 4 is 39.1 Å². The minimum Gasteiger partial charge on any atom is -0.276 e. The monoisotopic (exact) mass is 494 g/mol. The lowest BCUT2D eigenvalue weighted by Crippen LogP contribution is -2.43. The van der Waals surface area contributed by atoms with Gasteiger partial charge in [-0.3, -0.25) is 10.2 Å². The molecule has 0 unspecified atom stereocenters. The average molecular weight is 495 g/mol. The fourth-order valence-corrected chi connectivity index (χ4v) is 3.73. The number of nitrogens with one attached hydrogen (secondary N) is 2. The fraction of sp³-hybridized carbons (Fsp3) is 0.125. The third-order valence-electron chi connectivity index (χ3n) is 3.66. The first-order valence-corrected chi connectivity index (χ1v) is 10.4. The van der Waals surface area contributed by atoms with Gasteiger partial charge < -0.3 is 0 Å². The first kappa shape index (κ1) is 22.9. The summed E-state index contributed by atoms with van der Waals surface area (Å²) in [7, 11) is -4.45. The van der Waals surface area contributed by atoms with Crippen molar-refractivity contribution in [3.63, 3.8) is 0 Å². The smallest absolute Gasteiger partial charge is 0.276 e. The lowest BCUT2D eigenvalue weighted by atomic mass is 10.2. The van der Waals surface area contributed by atoms with Crippen LogP contribution in [0.1, 0.15) is 5.56 Å². The second-order valence-electron chi connectivity index (χ2n) is 5.98. The molecule has 0 fully saturated rings. The molecule has 1 aromatic heterocycles. The van der Waals surface area contributed by atoms with Crippen molar-refractivity contribution in [2.75, 3.05) is 0 Å². The SMILES string of the molecule is O=C(Cn1nnc(-c2cc(Cl)cc(Cl)c2)n1)NNS(=O)(=O)c1cccc(C(F)(F)F)c1. The van der Waals surface area contributed by atoms with Crippen molar-refractivity contribution in [2.45, 2.75) is 17.6 Å². The lowest BCUT2D eigenvalue weighted by Gasteiger charge is -2.11. The van der Waals surface area contributed by atoms with Crippen molar-refractivity contribution in [1.82, 2.24) is 30.5 Å². The molecular formula is C16H11Cl2F3N6O3S. The molecule has 0 spiro atoms. The van der Waals surface area contributed by atoms with Crippen LogP contribution < -0.4 is 10.3 Å². The Kier molecular flexibility index (Phi) is 6.50. The van der Waals surface area contributed by atoms with Crippen molar-refractivity contribution in [3.05, 3.63) is 58.1 Å². The second kappa shape index (κ2) is 8.78. The van der Waals surface area contributed by atoms with E-state index in [-0.39, 0.29) is 5.82 Å². The van der Waals surface area contributed by atoms with Gasteiger partial charge in [-0.25, -0.2) is 8.42 Å². The molecule has 1 amide bonds. The molecule has 0 saturated heterocycles. The second-order valence-corrected chi connectivity index (χ2v) is 8.54. The molecule has 0 bridgehead atoms. The Labute approximate surface area is 183 Å². The summed E-state index contributed by atoms with van der Waals surface area (Å²) in [5.74, 6) is -0.787. The van der Waals surface area contributed by atoms with Crippen LogP contribution in [0.15, 0.2) is 47.4 Å². The number of amides is 1. The molecule has 0 atom stereocenters. The Bertz CT molecular complexity index is 1210. The van der Waals surface area contributed by atoms with E-state index in [1.54, 1.807) is 4.83 Å². The Morgan fingerprint density at radius 2 is 1.77 bits per heavy atom. The topological polar surface area (TPSA) is 119 Å². The number of sulfonamides is 1. The van der Waals surface area contributed by atoms with Crippen molar-refractivity contribution in [2.24, 2.45) is 0 Å². The van der Waals surface area contributed by atoms with Gasteiger partial charge in [-0.1, -0.05) is 29.3 Å². The highest BCUT2D eigenvalue weighted by Gasteiger charge is 2.31. The van der Waals surface area contributed by atoms with Gasteiger partial charge in [-0.2, -0.15) is 18.0 Å². The number of benzene rings is 2. The van der Waals surface area contributed by atoms with Crippen molar-refractivity contribution in [1.29, 1.82) is 0 Å². The molecule has 3 aromatic rings. The van der Waals surface area contributed by atoms with E-state index in [0.29, 0.717) is 21.7 Å². The summed E-state index contributed by atoms with van der Waals surface area (Å²) in [6, 6.07) is 7.60. The van der Waals surface area contributed by atoms with E-state index in [0.717, 1.165) is 23.0 Å². The van der Waals surface area contributed by atoms with Gasteiger partial charge in [0, 0.05) is 15.6 Å². The quantitative estimate of drug-likeness (QED) is 0.508. The number of carbonyl (C=O) groups excluding carboxylic acids is 1. The number of hydrogen-bond acceptors (Lipinski definition) is 6. The van der Waals surface area contributed by atoms with Gasteiger partial charge >= 0.3 is 6.18 Å². The molecular weight excluding hydrogens is 484 g/mol. The number of rotatable bonds is 6. The van der Waals surface area contributed by atoms with E-state index in [1.807, 2.05) is 5.43 Å². The molecule has 0 aliphatic rings. The molecule has 9 nitrogen and oxygen atoms in total. The molecule has 1 heterocycles. The van der Waals surface area contributed by atoms with Gasteiger partial charge in [0.15, 0.2) is 0 Å². The highest BCUT2D eigenvalue weighted by Crippen LogP contribution is 2.30. The normalized spacial score (nSPS) is 12.0. The number of aromatic nitrogens is 4. The Hall–Kier alpha value is -2.74. The van der Waals surface area contributed by atoms with E-state index in [1.165, 1.54) is 18.2 Å². The largest absolute Gasteiger partial charge is 0.416 e. The molecule has 164 valence electrons. The third-order valence-corrected chi connectivity index (χ3v) is 5.34. The predicted octanol–water partition coefficient (Wildman–Crippen LogP) is 2.68. The summed E-state index contributed by atoms with van der Waals surface area (Å²) < 4.78 is 62.6.